The Morgan fingerprint density at radius 2 is 2.50 bits per heavy atom. The molecular formula is C7H11N3. The van der Waals surface area contributed by atoms with Gasteiger partial charge in [-0.05, 0) is 6.92 Å². The zero-order chi connectivity index (χ0) is 7.56. The lowest BCUT2D eigenvalue weighted by atomic mass is 10.2. The Morgan fingerprint density at radius 3 is 2.90 bits per heavy atom. The van der Waals surface area contributed by atoms with E-state index in [0.717, 1.165) is 17.7 Å². The van der Waals surface area contributed by atoms with Gasteiger partial charge in [-0.25, -0.2) is 0 Å². The number of allylic oxidation sites excluding steroid dienone is 1. The molecule has 0 N–H and O–H groups in total. The van der Waals surface area contributed by atoms with Crippen molar-refractivity contribution in [2.24, 2.45) is 7.05 Å². The first-order chi connectivity index (χ1) is 4.70. The molecule has 0 aliphatic carbocycles. The van der Waals surface area contributed by atoms with Crippen LogP contribution < -0.4 is 0 Å². The lowest BCUT2D eigenvalue weighted by molar-refractivity contribution is 0.685. The van der Waals surface area contributed by atoms with Crippen LogP contribution in [0.5, 0.6) is 0 Å². The van der Waals surface area contributed by atoms with E-state index < -0.39 is 0 Å². The molecule has 0 saturated carbocycles. The molecule has 10 heavy (non-hydrogen) atoms. The highest BCUT2D eigenvalue weighted by molar-refractivity contribution is 5.05. The Bertz CT molecular complexity index is 237. The molecule has 3 heteroatoms. The van der Waals surface area contributed by atoms with Crippen LogP contribution in [0.1, 0.15) is 12.6 Å². The Labute approximate surface area is 60.4 Å². The maximum Gasteiger partial charge on any atom is 0.0728 e. The molecule has 0 fully saturated rings. The summed E-state index contributed by atoms with van der Waals surface area (Å²) in [5.74, 6) is 0. The zero-order valence-electron chi connectivity index (χ0n) is 6.33. The summed E-state index contributed by atoms with van der Waals surface area (Å²) >= 11 is 0. The molecule has 3 nitrogen and oxygen atoms in total. The minimum atomic E-state index is 0.865. The molecule has 0 bridgehead atoms. The molecule has 0 amide bonds. The summed E-state index contributed by atoms with van der Waals surface area (Å²) in [5.41, 5.74) is 2.23. The van der Waals surface area contributed by atoms with E-state index in [1.54, 1.807) is 10.9 Å². The summed E-state index contributed by atoms with van der Waals surface area (Å²) in [4.78, 5) is 0. The third kappa shape index (κ3) is 1.43. The van der Waals surface area contributed by atoms with Gasteiger partial charge in [0.25, 0.3) is 0 Å². The molecule has 0 spiro atoms. The SMILES string of the molecule is C=C(C)Cc1cnnn1C. The van der Waals surface area contributed by atoms with Crippen LogP contribution in [0, 0.1) is 0 Å². The molecule has 0 radical (unpaired) electrons. The monoisotopic (exact) mass is 137 g/mol. The smallest absolute Gasteiger partial charge is 0.0728 e. The second kappa shape index (κ2) is 2.64. The molecule has 54 valence electrons. The van der Waals surface area contributed by atoms with Gasteiger partial charge in [0, 0.05) is 13.5 Å². The largest absolute Gasteiger partial charge is 0.252 e. The van der Waals surface area contributed by atoms with Gasteiger partial charge in [-0.1, -0.05) is 17.4 Å². The normalized spacial score (nSPS) is 9.80. The van der Waals surface area contributed by atoms with E-state index >= 15 is 0 Å². The third-order valence-corrected chi connectivity index (χ3v) is 1.29. The summed E-state index contributed by atoms with van der Waals surface area (Å²) in [5, 5.41) is 7.54. The standard InChI is InChI=1S/C7H11N3/c1-6(2)4-7-5-8-9-10(7)3/h5H,1,4H2,2-3H3. The summed E-state index contributed by atoms with van der Waals surface area (Å²) in [6.07, 6.45) is 2.62. The lowest BCUT2D eigenvalue weighted by Gasteiger charge is -1.97. The Balaban J connectivity index is 2.74. The molecule has 1 heterocycles. The van der Waals surface area contributed by atoms with Gasteiger partial charge in [-0.2, -0.15) is 0 Å². The number of hydrogen-bond acceptors (Lipinski definition) is 2. The molecule has 0 saturated heterocycles. The molecule has 1 aromatic heterocycles. The fourth-order valence-electron chi connectivity index (χ4n) is 0.780. The number of aromatic nitrogens is 3. The maximum absolute atomic E-state index is 3.80. The van der Waals surface area contributed by atoms with E-state index in [1.165, 1.54) is 0 Å². The topological polar surface area (TPSA) is 30.7 Å². The average molecular weight is 137 g/mol. The van der Waals surface area contributed by atoms with Crippen molar-refractivity contribution in [1.82, 2.24) is 15.0 Å². The highest BCUT2D eigenvalue weighted by Gasteiger charge is 1.97. The first kappa shape index (κ1) is 6.99. The summed E-state index contributed by atoms with van der Waals surface area (Å²) in [7, 11) is 1.88. The van der Waals surface area contributed by atoms with Crippen LogP contribution >= 0.6 is 0 Å². The minimum Gasteiger partial charge on any atom is -0.252 e. The van der Waals surface area contributed by atoms with Crippen LogP contribution in [0.3, 0.4) is 0 Å². The fraction of sp³-hybridized carbons (Fsp3) is 0.429. The van der Waals surface area contributed by atoms with Gasteiger partial charge in [-0.3, -0.25) is 4.68 Å². The second-order valence-electron chi connectivity index (χ2n) is 2.48. The molecule has 0 aromatic carbocycles. The molecular weight excluding hydrogens is 126 g/mol. The first-order valence-electron chi connectivity index (χ1n) is 3.18. The molecule has 0 aliphatic rings. The van der Waals surface area contributed by atoms with E-state index in [1.807, 2.05) is 14.0 Å². The van der Waals surface area contributed by atoms with E-state index in [4.69, 9.17) is 0 Å². The summed E-state index contributed by atoms with van der Waals surface area (Å²) in [6, 6.07) is 0. The van der Waals surface area contributed by atoms with Crippen LogP contribution in [-0.2, 0) is 13.5 Å². The zero-order valence-corrected chi connectivity index (χ0v) is 6.33. The Hall–Kier alpha value is -1.12. The van der Waals surface area contributed by atoms with Crippen molar-refractivity contribution < 1.29 is 0 Å². The molecule has 1 rings (SSSR count). The van der Waals surface area contributed by atoms with Crippen molar-refractivity contribution >= 4 is 0 Å². The van der Waals surface area contributed by atoms with Crippen molar-refractivity contribution in [2.75, 3.05) is 0 Å². The molecule has 0 atom stereocenters. The number of nitrogens with zero attached hydrogens (tertiary/aromatic N) is 3. The highest BCUT2D eigenvalue weighted by Crippen LogP contribution is 2.01. The van der Waals surface area contributed by atoms with Gasteiger partial charge >= 0.3 is 0 Å². The van der Waals surface area contributed by atoms with Gasteiger partial charge in [-0.15, -0.1) is 5.10 Å². The number of aryl methyl sites for hydroxylation is 1. The fourth-order valence-corrected chi connectivity index (χ4v) is 0.780. The summed E-state index contributed by atoms with van der Waals surface area (Å²) in [6.45, 7) is 5.80. The second-order valence-corrected chi connectivity index (χ2v) is 2.48. The van der Waals surface area contributed by atoms with Crippen LogP contribution in [-0.4, -0.2) is 15.0 Å². The van der Waals surface area contributed by atoms with Gasteiger partial charge in [0.15, 0.2) is 0 Å². The summed E-state index contributed by atoms with van der Waals surface area (Å²) < 4.78 is 1.76. The van der Waals surface area contributed by atoms with Crippen molar-refractivity contribution in [3.05, 3.63) is 24.0 Å². The number of rotatable bonds is 2. The van der Waals surface area contributed by atoms with Gasteiger partial charge in [0.1, 0.15) is 0 Å². The number of hydrogen-bond donors (Lipinski definition) is 0. The van der Waals surface area contributed by atoms with Crippen molar-refractivity contribution in [3.63, 3.8) is 0 Å². The predicted octanol–water partition coefficient (Wildman–Crippen LogP) is 0.934. The Kier molecular flexibility index (Phi) is 1.85. The van der Waals surface area contributed by atoms with Gasteiger partial charge in [0.05, 0.1) is 11.9 Å². The van der Waals surface area contributed by atoms with Crippen molar-refractivity contribution in [2.45, 2.75) is 13.3 Å². The van der Waals surface area contributed by atoms with E-state index in [-0.39, 0.29) is 0 Å². The average Bonchev–Trinajstić information content (AvgIpc) is 2.15. The Morgan fingerprint density at radius 1 is 1.80 bits per heavy atom. The van der Waals surface area contributed by atoms with E-state index in [9.17, 15) is 0 Å². The van der Waals surface area contributed by atoms with Crippen molar-refractivity contribution in [3.8, 4) is 0 Å². The predicted molar refractivity (Wildman–Crippen MR) is 39.5 cm³/mol. The first-order valence-corrected chi connectivity index (χ1v) is 3.18. The van der Waals surface area contributed by atoms with Crippen molar-refractivity contribution in [1.29, 1.82) is 0 Å². The highest BCUT2D eigenvalue weighted by atomic mass is 15.4. The molecule has 0 aliphatic heterocycles. The maximum atomic E-state index is 3.80. The van der Waals surface area contributed by atoms with Crippen LogP contribution in [0.4, 0.5) is 0 Å². The van der Waals surface area contributed by atoms with Crippen LogP contribution in [0.15, 0.2) is 18.3 Å². The van der Waals surface area contributed by atoms with Gasteiger partial charge < -0.3 is 0 Å². The van der Waals surface area contributed by atoms with E-state index in [2.05, 4.69) is 16.9 Å². The van der Waals surface area contributed by atoms with E-state index in [0.29, 0.717) is 0 Å². The third-order valence-electron chi connectivity index (χ3n) is 1.29. The quantitative estimate of drug-likeness (QED) is 0.568. The minimum absolute atomic E-state index is 0.865. The molecule has 1 aromatic rings. The van der Waals surface area contributed by atoms with Crippen LogP contribution in [0.25, 0.3) is 0 Å². The molecule has 0 unspecified atom stereocenters. The van der Waals surface area contributed by atoms with Crippen LogP contribution in [0.2, 0.25) is 0 Å². The lowest BCUT2D eigenvalue weighted by Crippen LogP contribution is -1.98. The van der Waals surface area contributed by atoms with Gasteiger partial charge in [0.2, 0.25) is 0 Å².